The number of nitrogens with zero attached hydrogens (tertiary/aromatic N) is 1. The van der Waals surface area contributed by atoms with E-state index in [1.807, 2.05) is 7.05 Å². The van der Waals surface area contributed by atoms with E-state index in [2.05, 4.69) is 4.90 Å². The van der Waals surface area contributed by atoms with Crippen LogP contribution in [0.25, 0.3) is 0 Å². The van der Waals surface area contributed by atoms with Crippen molar-refractivity contribution in [3.05, 3.63) is 0 Å². The first-order valence-corrected chi connectivity index (χ1v) is 3.68. The molecule has 9 heavy (non-hydrogen) atoms. The monoisotopic (exact) mass is 283 g/mol. The second kappa shape index (κ2) is 9.27. The van der Waals surface area contributed by atoms with Gasteiger partial charge in [0.05, 0.1) is 0 Å². The molecule has 0 saturated carbocycles. The molecule has 4 heteroatoms. The van der Waals surface area contributed by atoms with E-state index in [0.717, 1.165) is 13.1 Å². The molecule has 0 aliphatic carbocycles. The molecule has 0 fully saturated rings. The van der Waals surface area contributed by atoms with Gasteiger partial charge < -0.3 is 4.90 Å². The van der Waals surface area contributed by atoms with Crippen molar-refractivity contribution in [3.63, 3.8) is 0 Å². The van der Waals surface area contributed by atoms with Crippen LogP contribution in [-0.2, 0) is 0 Å². The highest BCUT2D eigenvalue weighted by Crippen LogP contribution is 1.85. The van der Waals surface area contributed by atoms with Gasteiger partial charge >= 0.3 is 0 Å². The first-order chi connectivity index (χ1) is 3.81. The molecule has 0 aromatic rings. The van der Waals surface area contributed by atoms with Crippen LogP contribution in [0, 0.1) is 0 Å². The van der Waals surface area contributed by atoms with Crippen molar-refractivity contribution in [3.8, 4) is 0 Å². The van der Waals surface area contributed by atoms with Crippen LogP contribution in [0.3, 0.4) is 0 Å². The standard InChI is InChI=1S/C5H11Cl2N.HI/c1-8(4-2-6)5-3-7;/h2-5H2,1H3;1H. The zero-order valence-electron chi connectivity index (χ0n) is 5.44. The average Bonchev–Trinajstić information content (AvgIpc) is 1.68. The lowest BCUT2D eigenvalue weighted by molar-refractivity contribution is 0.378. The van der Waals surface area contributed by atoms with Gasteiger partial charge in [0.25, 0.3) is 0 Å². The van der Waals surface area contributed by atoms with E-state index in [9.17, 15) is 0 Å². The predicted octanol–water partition coefficient (Wildman–Crippen LogP) is 2.01. The molecule has 0 aromatic heterocycles. The summed E-state index contributed by atoms with van der Waals surface area (Å²) < 4.78 is 0. The van der Waals surface area contributed by atoms with E-state index < -0.39 is 0 Å². The number of hydrogen-bond acceptors (Lipinski definition) is 1. The Balaban J connectivity index is 0. The van der Waals surface area contributed by atoms with Gasteiger partial charge in [-0.05, 0) is 7.05 Å². The van der Waals surface area contributed by atoms with E-state index in [1.54, 1.807) is 0 Å². The van der Waals surface area contributed by atoms with Crippen LogP contribution in [0.4, 0.5) is 0 Å². The first-order valence-electron chi connectivity index (χ1n) is 2.61. The highest BCUT2D eigenvalue weighted by Gasteiger charge is 1.92. The lowest BCUT2D eigenvalue weighted by Crippen LogP contribution is -2.22. The zero-order chi connectivity index (χ0) is 6.41. The van der Waals surface area contributed by atoms with Gasteiger partial charge in [-0.3, -0.25) is 0 Å². The topological polar surface area (TPSA) is 3.24 Å². The van der Waals surface area contributed by atoms with E-state index in [4.69, 9.17) is 23.2 Å². The average molecular weight is 284 g/mol. The summed E-state index contributed by atoms with van der Waals surface area (Å²) in [5, 5.41) is 0. The smallest absolute Gasteiger partial charge is 0.0351 e. The van der Waals surface area contributed by atoms with Crippen molar-refractivity contribution in [2.24, 2.45) is 0 Å². The Hall–Kier alpha value is 1.27. The van der Waals surface area contributed by atoms with E-state index >= 15 is 0 Å². The molecule has 0 spiro atoms. The normalized spacial score (nSPS) is 9.33. The van der Waals surface area contributed by atoms with Crippen molar-refractivity contribution in [1.29, 1.82) is 0 Å². The number of rotatable bonds is 4. The van der Waals surface area contributed by atoms with Crippen LogP contribution >= 0.6 is 47.2 Å². The molecule has 0 amide bonds. The summed E-state index contributed by atoms with van der Waals surface area (Å²) in [7, 11) is 2.00. The van der Waals surface area contributed by atoms with Gasteiger partial charge in [-0.1, -0.05) is 0 Å². The Morgan fingerprint density at radius 3 is 1.67 bits per heavy atom. The Morgan fingerprint density at radius 2 is 1.44 bits per heavy atom. The Kier molecular flexibility index (Phi) is 13.3. The van der Waals surface area contributed by atoms with Crippen molar-refractivity contribution < 1.29 is 0 Å². The quantitative estimate of drug-likeness (QED) is 0.564. The molecule has 0 N–H and O–H groups in total. The SMILES string of the molecule is CN(CCCl)CCCl.I. The van der Waals surface area contributed by atoms with Crippen LogP contribution < -0.4 is 0 Å². The second-order valence-electron chi connectivity index (χ2n) is 1.68. The Morgan fingerprint density at radius 1 is 1.11 bits per heavy atom. The van der Waals surface area contributed by atoms with Crippen molar-refractivity contribution >= 4 is 47.2 Å². The van der Waals surface area contributed by atoms with Gasteiger partial charge in [-0.15, -0.1) is 47.2 Å². The lowest BCUT2D eigenvalue weighted by atomic mass is 10.6. The summed E-state index contributed by atoms with van der Waals surface area (Å²) in [4.78, 5) is 2.10. The summed E-state index contributed by atoms with van der Waals surface area (Å²) in [5.74, 6) is 1.38. The summed E-state index contributed by atoms with van der Waals surface area (Å²) in [6.45, 7) is 1.85. The highest BCUT2D eigenvalue weighted by atomic mass is 127. The number of halogens is 3. The highest BCUT2D eigenvalue weighted by molar-refractivity contribution is 14.0. The maximum absolute atomic E-state index is 5.45. The summed E-state index contributed by atoms with van der Waals surface area (Å²) >= 11 is 10.9. The summed E-state index contributed by atoms with van der Waals surface area (Å²) in [6.07, 6.45) is 0. The maximum atomic E-state index is 5.45. The molecule has 0 unspecified atom stereocenters. The molecule has 0 rings (SSSR count). The molecule has 0 bridgehead atoms. The Labute approximate surface area is 83.7 Å². The van der Waals surface area contributed by atoms with Gasteiger partial charge in [0.2, 0.25) is 0 Å². The lowest BCUT2D eigenvalue weighted by Gasteiger charge is -2.11. The molecule has 0 aliphatic heterocycles. The molecule has 0 saturated heterocycles. The third kappa shape index (κ3) is 9.27. The van der Waals surface area contributed by atoms with E-state index in [-0.39, 0.29) is 24.0 Å². The second-order valence-corrected chi connectivity index (χ2v) is 2.44. The maximum Gasteiger partial charge on any atom is 0.0351 e. The third-order valence-corrected chi connectivity index (χ3v) is 1.27. The largest absolute Gasteiger partial charge is 0.304 e. The van der Waals surface area contributed by atoms with Crippen molar-refractivity contribution in [1.82, 2.24) is 4.90 Å². The van der Waals surface area contributed by atoms with Crippen molar-refractivity contribution in [2.45, 2.75) is 0 Å². The molecule has 0 radical (unpaired) electrons. The van der Waals surface area contributed by atoms with Gasteiger partial charge in [0.15, 0.2) is 0 Å². The summed E-state index contributed by atoms with van der Waals surface area (Å²) in [6, 6.07) is 0. The predicted molar refractivity (Wildman–Crippen MR) is 54.4 cm³/mol. The van der Waals surface area contributed by atoms with Crippen LogP contribution in [-0.4, -0.2) is 36.8 Å². The fourth-order valence-corrected chi connectivity index (χ4v) is 0.977. The zero-order valence-corrected chi connectivity index (χ0v) is 9.28. The van der Waals surface area contributed by atoms with Crippen LogP contribution in [0.2, 0.25) is 0 Å². The van der Waals surface area contributed by atoms with Gasteiger partial charge in [0, 0.05) is 24.8 Å². The fraction of sp³-hybridized carbons (Fsp3) is 1.00. The molecule has 1 nitrogen and oxygen atoms in total. The van der Waals surface area contributed by atoms with Gasteiger partial charge in [0.1, 0.15) is 0 Å². The van der Waals surface area contributed by atoms with Crippen LogP contribution in [0.5, 0.6) is 0 Å². The fourth-order valence-electron chi connectivity index (χ4n) is 0.400. The van der Waals surface area contributed by atoms with Crippen LogP contribution in [0.15, 0.2) is 0 Å². The molecule has 0 heterocycles. The first kappa shape index (κ1) is 12.9. The number of hydrogen-bond donors (Lipinski definition) is 0. The van der Waals surface area contributed by atoms with Gasteiger partial charge in [-0.2, -0.15) is 0 Å². The van der Waals surface area contributed by atoms with E-state index in [1.165, 1.54) is 0 Å². The molecular formula is C5H12Cl2IN. The molecule has 0 aliphatic rings. The summed E-state index contributed by atoms with van der Waals surface area (Å²) in [5.41, 5.74) is 0. The molecule has 0 atom stereocenters. The molecule has 0 aromatic carbocycles. The Bertz CT molecular complexity index is 48.2. The van der Waals surface area contributed by atoms with Crippen molar-refractivity contribution in [2.75, 3.05) is 31.9 Å². The minimum absolute atomic E-state index is 0. The van der Waals surface area contributed by atoms with Crippen LogP contribution in [0.1, 0.15) is 0 Å². The third-order valence-electron chi connectivity index (χ3n) is 0.932. The number of alkyl halides is 2. The van der Waals surface area contributed by atoms with Gasteiger partial charge in [-0.25, -0.2) is 0 Å². The molecule has 58 valence electrons. The minimum Gasteiger partial charge on any atom is -0.304 e. The molecular weight excluding hydrogens is 272 g/mol. The minimum atomic E-state index is 0. The van der Waals surface area contributed by atoms with E-state index in [0.29, 0.717) is 11.8 Å².